The lowest BCUT2D eigenvalue weighted by molar-refractivity contribution is -0.123. The molecule has 7 nitrogen and oxygen atoms in total. The minimum atomic E-state index is -0.159. The molecule has 1 unspecified atom stereocenters. The Kier molecular flexibility index (Phi) is 3.34. The maximum Gasteiger partial charge on any atom is 0.229 e. The first-order chi connectivity index (χ1) is 10.8. The molecule has 3 atom stereocenters. The van der Waals surface area contributed by atoms with E-state index in [4.69, 9.17) is 4.74 Å². The number of pyridine rings is 1. The van der Waals surface area contributed by atoms with E-state index in [0.717, 1.165) is 18.5 Å². The van der Waals surface area contributed by atoms with Gasteiger partial charge >= 0.3 is 0 Å². The van der Waals surface area contributed by atoms with E-state index in [1.807, 2.05) is 12.1 Å². The summed E-state index contributed by atoms with van der Waals surface area (Å²) in [4.78, 5) is 17.0. The van der Waals surface area contributed by atoms with Crippen LogP contribution in [0.5, 0.6) is 0 Å². The number of nitrogens with one attached hydrogen (secondary N) is 1. The lowest BCUT2D eigenvalue weighted by Gasteiger charge is -2.21. The third-order valence-corrected chi connectivity index (χ3v) is 4.43. The fourth-order valence-corrected chi connectivity index (χ4v) is 3.29. The van der Waals surface area contributed by atoms with Crippen molar-refractivity contribution < 1.29 is 9.53 Å². The number of nitrogens with zero attached hydrogens (tertiary/aromatic N) is 4. The average molecular weight is 299 g/mol. The van der Waals surface area contributed by atoms with Gasteiger partial charge in [-0.1, -0.05) is 11.3 Å². The summed E-state index contributed by atoms with van der Waals surface area (Å²) in [6, 6.07) is 3.88. The fraction of sp³-hybridized carbons (Fsp3) is 0.467. The van der Waals surface area contributed by atoms with Gasteiger partial charge in [0.1, 0.15) is 0 Å². The number of hydrogen-bond acceptors (Lipinski definition) is 5. The Morgan fingerprint density at radius 2 is 2.32 bits per heavy atom. The number of fused-ring (bicyclic) bond motifs is 1. The standard InChI is InChI=1S/C15H17N5O2/c21-15(11-4-3-10-2-1-5-16-14(10)11)18-12-8-22-9-13(12)20-7-6-17-19-20/h1-2,5-7,11-13H,3-4,8-9H2,(H,18,21)/t11?,12-,13+/m0/s1. The van der Waals surface area contributed by atoms with Crippen molar-refractivity contribution in [3.05, 3.63) is 42.0 Å². The number of aryl methyl sites for hydroxylation is 1. The molecule has 114 valence electrons. The van der Waals surface area contributed by atoms with E-state index in [1.165, 1.54) is 5.56 Å². The molecule has 0 radical (unpaired) electrons. The van der Waals surface area contributed by atoms with Gasteiger partial charge in [-0.25, -0.2) is 4.68 Å². The van der Waals surface area contributed by atoms with Gasteiger partial charge in [0.25, 0.3) is 0 Å². The van der Waals surface area contributed by atoms with Crippen molar-refractivity contribution in [1.82, 2.24) is 25.3 Å². The summed E-state index contributed by atoms with van der Waals surface area (Å²) in [5.41, 5.74) is 2.09. The van der Waals surface area contributed by atoms with E-state index >= 15 is 0 Å². The van der Waals surface area contributed by atoms with Gasteiger partial charge in [-0.05, 0) is 24.5 Å². The highest BCUT2D eigenvalue weighted by atomic mass is 16.5. The zero-order chi connectivity index (χ0) is 14.9. The zero-order valence-corrected chi connectivity index (χ0v) is 12.1. The zero-order valence-electron chi connectivity index (χ0n) is 12.1. The van der Waals surface area contributed by atoms with Crippen molar-refractivity contribution in [1.29, 1.82) is 0 Å². The quantitative estimate of drug-likeness (QED) is 0.890. The second-order valence-corrected chi connectivity index (χ2v) is 5.74. The van der Waals surface area contributed by atoms with Crippen molar-refractivity contribution in [2.75, 3.05) is 13.2 Å². The van der Waals surface area contributed by atoms with Crippen molar-refractivity contribution in [3.63, 3.8) is 0 Å². The topological polar surface area (TPSA) is 81.9 Å². The first kappa shape index (κ1) is 13.4. The maximum absolute atomic E-state index is 12.6. The van der Waals surface area contributed by atoms with Crippen molar-refractivity contribution in [2.24, 2.45) is 0 Å². The van der Waals surface area contributed by atoms with Crippen LogP contribution in [0, 0.1) is 0 Å². The van der Waals surface area contributed by atoms with Gasteiger partial charge in [-0.2, -0.15) is 0 Å². The Balaban J connectivity index is 1.48. The second kappa shape index (κ2) is 5.49. The maximum atomic E-state index is 12.6. The van der Waals surface area contributed by atoms with Crippen molar-refractivity contribution >= 4 is 5.91 Å². The summed E-state index contributed by atoms with van der Waals surface area (Å²) < 4.78 is 7.26. The molecular formula is C15H17N5O2. The lowest BCUT2D eigenvalue weighted by atomic mass is 10.0. The van der Waals surface area contributed by atoms with E-state index in [9.17, 15) is 4.79 Å². The van der Waals surface area contributed by atoms with Crippen LogP contribution < -0.4 is 5.32 Å². The molecule has 3 heterocycles. The van der Waals surface area contributed by atoms with Crippen LogP contribution in [0.2, 0.25) is 0 Å². The Morgan fingerprint density at radius 3 is 3.18 bits per heavy atom. The monoisotopic (exact) mass is 299 g/mol. The van der Waals surface area contributed by atoms with Crippen LogP contribution in [0.4, 0.5) is 0 Å². The number of hydrogen-bond donors (Lipinski definition) is 1. The van der Waals surface area contributed by atoms with Crippen molar-refractivity contribution in [2.45, 2.75) is 30.8 Å². The lowest BCUT2D eigenvalue weighted by Crippen LogP contribution is -2.43. The molecule has 1 fully saturated rings. The molecule has 2 aromatic heterocycles. The van der Waals surface area contributed by atoms with E-state index in [1.54, 1.807) is 23.3 Å². The van der Waals surface area contributed by atoms with Crippen LogP contribution in [-0.4, -0.2) is 45.1 Å². The Hall–Kier alpha value is -2.28. The average Bonchev–Trinajstić information content (AvgIpc) is 3.27. The molecule has 2 aromatic rings. The largest absolute Gasteiger partial charge is 0.377 e. The van der Waals surface area contributed by atoms with Crippen LogP contribution >= 0.6 is 0 Å². The number of ether oxygens (including phenoxy) is 1. The summed E-state index contributed by atoms with van der Waals surface area (Å²) >= 11 is 0. The molecule has 1 aliphatic carbocycles. The van der Waals surface area contributed by atoms with Crippen LogP contribution in [0.1, 0.15) is 29.6 Å². The molecule has 1 aliphatic heterocycles. The highest BCUT2D eigenvalue weighted by Gasteiger charge is 2.36. The first-order valence-electron chi connectivity index (χ1n) is 7.50. The molecule has 0 saturated carbocycles. The SMILES string of the molecule is O=C(N[C@H]1COC[C@H]1n1ccnn1)C1CCc2cccnc21. The van der Waals surface area contributed by atoms with Gasteiger partial charge in [0.15, 0.2) is 0 Å². The number of carbonyl (C=O) groups is 1. The molecule has 4 rings (SSSR count). The molecule has 0 spiro atoms. The molecule has 1 N–H and O–H groups in total. The molecule has 7 heteroatoms. The van der Waals surface area contributed by atoms with Gasteiger partial charge in [-0.15, -0.1) is 5.10 Å². The molecule has 1 amide bonds. The van der Waals surface area contributed by atoms with Gasteiger partial charge < -0.3 is 10.1 Å². The van der Waals surface area contributed by atoms with Crippen molar-refractivity contribution in [3.8, 4) is 0 Å². The predicted octanol–water partition coefficient (Wildman–Crippen LogP) is 0.459. The minimum Gasteiger partial charge on any atom is -0.377 e. The highest BCUT2D eigenvalue weighted by Crippen LogP contribution is 2.31. The highest BCUT2D eigenvalue weighted by molar-refractivity contribution is 5.84. The number of aromatic nitrogens is 4. The molecule has 0 aromatic carbocycles. The molecular weight excluding hydrogens is 282 g/mol. The molecule has 22 heavy (non-hydrogen) atoms. The smallest absolute Gasteiger partial charge is 0.229 e. The summed E-state index contributed by atoms with van der Waals surface area (Å²) in [7, 11) is 0. The first-order valence-corrected chi connectivity index (χ1v) is 7.50. The molecule has 0 bridgehead atoms. The van der Waals surface area contributed by atoms with Gasteiger partial charge in [0.05, 0.1) is 43.1 Å². The summed E-state index contributed by atoms with van der Waals surface area (Å²) in [6.07, 6.45) is 6.91. The Bertz CT molecular complexity index is 672. The number of amides is 1. The minimum absolute atomic E-state index is 0.00365. The van der Waals surface area contributed by atoms with E-state index in [0.29, 0.717) is 13.2 Å². The van der Waals surface area contributed by atoms with E-state index < -0.39 is 0 Å². The molecule has 2 aliphatic rings. The molecule has 1 saturated heterocycles. The second-order valence-electron chi connectivity index (χ2n) is 5.74. The van der Waals surface area contributed by atoms with Gasteiger partial charge in [0.2, 0.25) is 5.91 Å². The van der Waals surface area contributed by atoms with E-state index in [2.05, 4.69) is 20.6 Å². The van der Waals surface area contributed by atoms with Crippen LogP contribution in [0.25, 0.3) is 0 Å². The Labute approximate surface area is 127 Å². The van der Waals surface area contributed by atoms with Crippen LogP contribution in [0.15, 0.2) is 30.7 Å². The van der Waals surface area contributed by atoms with Crippen LogP contribution in [-0.2, 0) is 16.0 Å². The third-order valence-electron chi connectivity index (χ3n) is 4.43. The Morgan fingerprint density at radius 1 is 1.36 bits per heavy atom. The number of carbonyl (C=O) groups excluding carboxylic acids is 1. The third kappa shape index (κ3) is 2.27. The summed E-state index contributed by atoms with van der Waals surface area (Å²) in [6.45, 7) is 1.03. The normalized spacial score (nSPS) is 26.8. The predicted molar refractivity (Wildman–Crippen MR) is 77.1 cm³/mol. The summed E-state index contributed by atoms with van der Waals surface area (Å²) in [5.74, 6) is -0.133. The summed E-state index contributed by atoms with van der Waals surface area (Å²) in [5, 5.41) is 10.9. The fourth-order valence-electron chi connectivity index (χ4n) is 3.29. The number of rotatable bonds is 3. The van der Waals surface area contributed by atoms with Gasteiger partial charge in [-0.3, -0.25) is 9.78 Å². The van der Waals surface area contributed by atoms with Crippen LogP contribution in [0.3, 0.4) is 0 Å². The van der Waals surface area contributed by atoms with Gasteiger partial charge in [0, 0.05) is 12.4 Å². The van der Waals surface area contributed by atoms with E-state index in [-0.39, 0.29) is 23.9 Å².